The van der Waals surface area contributed by atoms with Crippen LogP contribution in [0.25, 0.3) is 0 Å². The molecule has 0 spiro atoms. The summed E-state index contributed by atoms with van der Waals surface area (Å²) in [7, 11) is 0. The predicted molar refractivity (Wildman–Crippen MR) is 85.1 cm³/mol. The minimum Gasteiger partial charge on any atom is -0.369 e. The lowest BCUT2D eigenvalue weighted by Crippen LogP contribution is -2.49. The summed E-state index contributed by atoms with van der Waals surface area (Å²) in [5, 5.41) is 3.07. The van der Waals surface area contributed by atoms with Crippen LogP contribution in [0.5, 0.6) is 0 Å². The van der Waals surface area contributed by atoms with E-state index in [1.54, 1.807) is 0 Å². The van der Waals surface area contributed by atoms with Crippen molar-refractivity contribution in [1.82, 2.24) is 5.32 Å². The summed E-state index contributed by atoms with van der Waals surface area (Å²) in [5.41, 5.74) is 5.82. The van der Waals surface area contributed by atoms with Gasteiger partial charge in [-0.2, -0.15) is 0 Å². The smallest absolute Gasteiger partial charge is 0.249 e. The first kappa shape index (κ1) is 19.7. The van der Waals surface area contributed by atoms with Crippen LogP contribution in [0, 0.1) is 5.92 Å². The molecule has 1 aliphatic rings. The summed E-state index contributed by atoms with van der Waals surface area (Å²) in [6.45, 7) is 5.11. The van der Waals surface area contributed by atoms with Crippen LogP contribution in [0.1, 0.15) is 58.8 Å². The molecule has 1 fully saturated rings. The van der Waals surface area contributed by atoms with Crippen molar-refractivity contribution in [2.24, 2.45) is 11.7 Å². The van der Waals surface area contributed by atoms with Gasteiger partial charge in [0.15, 0.2) is 0 Å². The fourth-order valence-corrected chi connectivity index (χ4v) is 2.69. The van der Waals surface area contributed by atoms with Crippen molar-refractivity contribution in [3.8, 4) is 0 Å². The maximum Gasteiger partial charge on any atom is 0.249 e. The molecule has 1 saturated carbocycles. The number of rotatable bonds is 8. The van der Waals surface area contributed by atoms with E-state index in [-0.39, 0.29) is 30.5 Å². The Kier molecular flexibility index (Phi) is 11.2. The van der Waals surface area contributed by atoms with E-state index in [0.717, 1.165) is 12.8 Å². The molecule has 2 unspecified atom stereocenters. The van der Waals surface area contributed by atoms with Gasteiger partial charge in [0, 0.05) is 19.2 Å². The van der Waals surface area contributed by atoms with Crippen molar-refractivity contribution in [1.29, 1.82) is 0 Å². The van der Waals surface area contributed by atoms with Crippen molar-refractivity contribution >= 4 is 18.3 Å². The van der Waals surface area contributed by atoms with Gasteiger partial charge in [0.2, 0.25) is 5.91 Å². The molecule has 1 aliphatic carbocycles. The van der Waals surface area contributed by atoms with E-state index in [1.807, 2.05) is 6.92 Å². The average molecular weight is 307 g/mol. The fraction of sp³-hybridized carbons (Fsp3) is 0.933. The Labute approximate surface area is 129 Å². The molecule has 120 valence electrons. The van der Waals surface area contributed by atoms with E-state index in [9.17, 15) is 4.79 Å². The summed E-state index contributed by atoms with van der Waals surface area (Å²) in [5.74, 6) is 0.530. The zero-order valence-electron chi connectivity index (χ0n) is 12.9. The first-order valence-electron chi connectivity index (χ1n) is 7.81. The van der Waals surface area contributed by atoms with E-state index in [1.165, 1.54) is 32.1 Å². The fourth-order valence-electron chi connectivity index (χ4n) is 2.69. The highest BCUT2D eigenvalue weighted by atomic mass is 35.5. The number of nitrogens with one attached hydrogen (secondary N) is 1. The average Bonchev–Trinajstić information content (AvgIpc) is 2.45. The van der Waals surface area contributed by atoms with Crippen LogP contribution in [0.2, 0.25) is 0 Å². The van der Waals surface area contributed by atoms with Gasteiger partial charge in [-0.25, -0.2) is 0 Å². The third kappa shape index (κ3) is 6.91. The highest BCUT2D eigenvalue weighted by Crippen LogP contribution is 2.26. The summed E-state index contributed by atoms with van der Waals surface area (Å²) < 4.78 is 5.52. The molecule has 20 heavy (non-hydrogen) atoms. The van der Waals surface area contributed by atoms with E-state index < -0.39 is 0 Å². The first-order chi connectivity index (χ1) is 9.19. The van der Waals surface area contributed by atoms with Crippen LogP contribution in [0.3, 0.4) is 0 Å². The number of hydrogen-bond donors (Lipinski definition) is 2. The summed E-state index contributed by atoms with van der Waals surface area (Å²) in [4.78, 5) is 12.1. The zero-order valence-corrected chi connectivity index (χ0v) is 13.7. The topological polar surface area (TPSA) is 64.3 Å². The molecule has 0 aromatic rings. The number of halogens is 1. The number of unbranched alkanes of at least 4 members (excludes halogenated alkanes) is 1. The summed E-state index contributed by atoms with van der Waals surface area (Å²) >= 11 is 0. The molecule has 4 nitrogen and oxygen atoms in total. The summed E-state index contributed by atoms with van der Waals surface area (Å²) in [6.07, 6.45) is 7.93. The molecular weight excluding hydrogens is 276 g/mol. The van der Waals surface area contributed by atoms with Crippen molar-refractivity contribution in [3.63, 3.8) is 0 Å². The lowest BCUT2D eigenvalue weighted by molar-refractivity contribution is -0.133. The number of amides is 1. The largest absolute Gasteiger partial charge is 0.369 e. The Balaban J connectivity index is 0.00000361. The second kappa shape index (κ2) is 11.4. The van der Waals surface area contributed by atoms with Gasteiger partial charge in [-0.15, -0.1) is 12.4 Å². The van der Waals surface area contributed by atoms with Gasteiger partial charge in [0.25, 0.3) is 0 Å². The van der Waals surface area contributed by atoms with Crippen molar-refractivity contribution in [2.75, 3.05) is 13.2 Å². The van der Waals surface area contributed by atoms with Crippen LogP contribution >= 0.6 is 12.4 Å². The molecule has 1 amide bonds. The molecule has 1 rings (SSSR count). The maximum atomic E-state index is 12.1. The van der Waals surface area contributed by atoms with Crippen LogP contribution < -0.4 is 11.1 Å². The van der Waals surface area contributed by atoms with Crippen LogP contribution in [-0.4, -0.2) is 31.2 Å². The highest BCUT2D eigenvalue weighted by molar-refractivity contribution is 5.85. The lowest BCUT2D eigenvalue weighted by atomic mass is 9.84. The Morgan fingerprint density at radius 2 is 2.00 bits per heavy atom. The molecule has 0 heterocycles. The lowest BCUT2D eigenvalue weighted by Gasteiger charge is -2.30. The number of hydrogen-bond acceptors (Lipinski definition) is 3. The second-order valence-corrected chi connectivity index (χ2v) is 5.62. The van der Waals surface area contributed by atoms with Gasteiger partial charge in [0.1, 0.15) is 6.10 Å². The number of carbonyl (C=O) groups excluding carboxylic acids is 1. The highest BCUT2D eigenvalue weighted by Gasteiger charge is 2.25. The normalized spacial score (nSPS) is 18.9. The molecule has 5 heteroatoms. The molecule has 0 aromatic carbocycles. The van der Waals surface area contributed by atoms with Crippen molar-refractivity contribution < 1.29 is 9.53 Å². The Morgan fingerprint density at radius 3 is 2.55 bits per heavy atom. The third-order valence-electron chi connectivity index (χ3n) is 4.04. The first-order valence-corrected chi connectivity index (χ1v) is 7.81. The molecule has 3 N–H and O–H groups in total. The molecule has 0 saturated heterocycles. The Morgan fingerprint density at radius 1 is 1.35 bits per heavy atom. The zero-order chi connectivity index (χ0) is 14.1. The summed E-state index contributed by atoms with van der Waals surface area (Å²) in [6, 6.07) is 0.116. The van der Waals surface area contributed by atoms with E-state index >= 15 is 0 Å². The minimum atomic E-state index is -0.371. The number of carbonyl (C=O) groups is 1. The van der Waals surface area contributed by atoms with Gasteiger partial charge in [-0.1, -0.05) is 32.6 Å². The van der Waals surface area contributed by atoms with Gasteiger partial charge >= 0.3 is 0 Å². The monoisotopic (exact) mass is 306 g/mol. The Bertz CT molecular complexity index is 258. The van der Waals surface area contributed by atoms with Crippen molar-refractivity contribution in [2.45, 2.75) is 70.9 Å². The van der Waals surface area contributed by atoms with Crippen LogP contribution in [0.4, 0.5) is 0 Å². The van der Waals surface area contributed by atoms with Gasteiger partial charge in [-0.3, -0.25) is 4.79 Å². The molecule has 2 atom stereocenters. The van der Waals surface area contributed by atoms with Crippen molar-refractivity contribution in [3.05, 3.63) is 0 Å². The molecule has 0 bridgehead atoms. The SMILES string of the molecule is CCCCOC(C)C(=O)NC(CN)C1CCCCC1.Cl. The molecular formula is C15H31ClN2O2. The van der Waals surface area contributed by atoms with Crippen LogP contribution in [-0.2, 0) is 9.53 Å². The van der Waals surface area contributed by atoms with E-state index in [2.05, 4.69) is 12.2 Å². The predicted octanol–water partition coefficient (Wildman–Crippen LogP) is 2.64. The number of nitrogens with two attached hydrogens (primary N) is 1. The van der Waals surface area contributed by atoms with Crippen LogP contribution in [0.15, 0.2) is 0 Å². The van der Waals surface area contributed by atoms with E-state index in [0.29, 0.717) is 19.1 Å². The van der Waals surface area contributed by atoms with Gasteiger partial charge < -0.3 is 15.8 Å². The third-order valence-corrected chi connectivity index (χ3v) is 4.04. The maximum absolute atomic E-state index is 12.1. The quantitative estimate of drug-likeness (QED) is 0.678. The Hall–Kier alpha value is -0.320. The number of ether oxygens (including phenoxy) is 1. The van der Waals surface area contributed by atoms with E-state index in [4.69, 9.17) is 10.5 Å². The molecule has 0 aliphatic heterocycles. The second-order valence-electron chi connectivity index (χ2n) is 5.62. The van der Waals surface area contributed by atoms with Gasteiger partial charge in [0.05, 0.1) is 0 Å². The molecule has 0 radical (unpaired) electrons. The minimum absolute atomic E-state index is 0. The van der Waals surface area contributed by atoms with Gasteiger partial charge in [-0.05, 0) is 32.1 Å². The standard InChI is InChI=1S/C15H30N2O2.ClH/c1-3-4-10-19-12(2)15(18)17-14(11-16)13-8-6-5-7-9-13;/h12-14H,3-11,16H2,1-2H3,(H,17,18);1H. The molecule has 0 aromatic heterocycles.